The third kappa shape index (κ3) is 3.99. The van der Waals surface area contributed by atoms with Crippen LogP contribution in [0.2, 0.25) is 5.02 Å². The van der Waals surface area contributed by atoms with E-state index in [-0.39, 0.29) is 11.7 Å². The SMILES string of the molecule is Cc1cc(C(=O)Nc2ccc(OCCN)c(-c3c(Cl)cnn3C)c2)oc1C. The molecule has 0 aliphatic rings. The summed E-state index contributed by atoms with van der Waals surface area (Å²) in [5, 5.41) is 7.49. The minimum absolute atomic E-state index is 0.258. The molecule has 3 N–H and O–H groups in total. The Morgan fingerprint density at radius 1 is 1.37 bits per heavy atom. The van der Waals surface area contributed by atoms with Gasteiger partial charge in [-0.05, 0) is 43.7 Å². The predicted molar refractivity (Wildman–Crippen MR) is 104 cm³/mol. The number of benzene rings is 1. The highest BCUT2D eigenvalue weighted by atomic mass is 35.5. The summed E-state index contributed by atoms with van der Waals surface area (Å²) >= 11 is 6.29. The van der Waals surface area contributed by atoms with Crippen molar-refractivity contribution < 1.29 is 13.9 Å². The second kappa shape index (κ2) is 7.85. The van der Waals surface area contributed by atoms with Gasteiger partial charge in [0, 0.05) is 24.8 Å². The lowest BCUT2D eigenvalue weighted by Crippen LogP contribution is -2.13. The van der Waals surface area contributed by atoms with Crippen LogP contribution in [0.15, 0.2) is 34.9 Å². The zero-order valence-electron chi connectivity index (χ0n) is 15.4. The minimum atomic E-state index is -0.330. The van der Waals surface area contributed by atoms with Crippen molar-refractivity contribution >= 4 is 23.2 Å². The summed E-state index contributed by atoms with van der Waals surface area (Å²) in [4.78, 5) is 12.5. The number of anilines is 1. The van der Waals surface area contributed by atoms with Crippen molar-refractivity contribution in [3.05, 3.63) is 52.6 Å². The lowest BCUT2D eigenvalue weighted by Gasteiger charge is -2.14. The molecule has 0 spiro atoms. The molecule has 8 heteroatoms. The third-order valence-corrected chi connectivity index (χ3v) is 4.43. The summed E-state index contributed by atoms with van der Waals surface area (Å²) in [6.07, 6.45) is 1.56. The van der Waals surface area contributed by atoms with Gasteiger partial charge in [0.2, 0.25) is 0 Å². The van der Waals surface area contributed by atoms with Crippen molar-refractivity contribution in [1.82, 2.24) is 9.78 Å². The van der Waals surface area contributed by atoms with Crippen molar-refractivity contribution in [2.75, 3.05) is 18.5 Å². The number of halogens is 1. The van der Waals surface area contributed by atoms with E-state index in [1.165, 1.54) is 0 Å². The van der Waals surface area contributed by atoms with E-state index in [4.69, 9.17) is 26.5 Å². The number of amides is 1. The fraction of sp³-hybridized carbons (Fsp3) is 0.263. The van der Waals surface area contributed by atoms with Crippen molar-refractivity contribution in [2.24, 2.45) is 12.8 Å². The molecule has 27 heavy (non-hydrogen) atoms. The zero-order valence-corrected chi connectivity index (χ0v) is 16.1. The number of nitrogens with one attached hydrogen (secondary N) is 1. The number of rotatable bonds is 6. The summed E-state index contributed by atoms with van der Waals surface area (Å²) < 4.78 is 12.9. The molecular weight excluding hydrogens is 368 g/mol. The maximum absolute atomic E-state index is 12.5. The van der Waals surface area contributed by atoms with Crippen molar-refractivity contribution in [2.45, 2.75) is 13.8 Å². The normalized spacial score (nSPS) is 10.9. The van der Waals surface area contributed by atoms with Crippen LogP contribution in [0.5, 0.6) is 5.75 Å². The first-order valence-corrected chi connectivity index (χ1v) is 8.81. The number of aromatic nitrogens is 2. The lowest BCUT2D eigenvalue weighted by molar-refractivity contribution is 0.0995. The molecule has 0 fully saturated rings. The average Bonchev–Trinajstić information content (AvgIpc) is 3.15. The second-order valence-corrected chi connectivity index (χ2v) is 6.52. The first-order valence-electron chi connectivity index (χ1n) is 8.44. The summed E-state index contributed by atoms with van der Waals surface area (Å²) in [7, 11) is 1.79. The van der Waals surface area contributed by atoms with E-state index < -0.39 is 0 Å². The van der Waals surface area contributed by atoms with Gasteiger partial charge in [0.15, 0.2) is 5.76 Å². The monoisotopic (exact) mass is 388 g/mol. The molecule has 0 radical (unpaired) electrons. The number of ether oxygens (including phenoxy) is 1. The molecule has 0 bridgehead atoms. The molecule has 142 valence electrons. The number of hydrogen-bond acceptors (Lipinski definition) is 5. The summed E-state index contributed by atoms with van der Waals surface area (Å²) in [5.41, 5.74) is 8.44. The van der Waals surface area contributed by atoms with Crippen LogP contribution in [0.4, 0.5) is 5.69 Å². The van der Waals surface area contributed by atoms with E-state index in [0.717, 1.165) is 5.56 Å². The Labute approximate surface area is 162 Å². The molecule has 0 saturated heterocycles. The smallest absolute Gasteiger partial charge is 0.291 e. The van der Waals surface area contributed by atoms with Crippen LogP contribution in [0, 0.1) is 13.8 Å². The highest BCUT2D eigenvalue weighted by Gasteiger charge is 2.18. The number of hydrogen-bond donors (Lipinski definition) is 2. The standard InChI is InChI=1S/C19H21ClN4O3/c1-11-8-17(27-12(11)2)19(25)23-13-4-5-16(26-7-6-21)14(9-13)18-15(20)10-22-24(18)3/h4-5,8-10H,6-7,21H2,1-3H3,(H,23,25). The molecule has 0 aliphatic carbocycles. The Morgan fingerprint density at radius 3 is 2.74 bits per heavy atom. The maximum atomic E-state index is 12.5. The van der Waals surface area contributed by atoms with Gasteiger partial charge in [-0.3, -0.25) is 9.48 Å². The molecule has 3 aromatic rings. The molecule has 3 rings (SSSR count). The highest BCUT2D eigenvalue weighted by molar-refractivity contribution is 6.33. The minimum Gasteiger partial charge on any atom is -0.492 e. The Bertz CT molecular complexity index is 938. The van der Waals surface area contributed by atoms with Crippen LogP contribution in [-0.2, 0) is 7.05 Å². The van der Waals surface area contributed by atoms with Gasteiger partial charge in [-0.1, -0.05) is 11.6 Å². The van der Waals surface area contributed by atoms with Gasteiger partial charge in [0.25, 0.3) is 5.91 Å². The van der Waals surface area contributed by atoms with Gasteiger partial charge < -0.3 is 20.2 Å². The molecule has 1 aromatic carbocycles. The Kier molecular flexibility index (Phi) is 5.53. The first-order chi connectivity index (χ1) is 12.9. The number of aryl methyl sites for hydroxylation is 3. The molecule has 2 aromatic heterocycles. The summed E-state index contributed by atoms with van der Waals surface area (Å²) in [5.74, 6) is 1.25. The van der Waals surface area contributed by atoms with Crippen LogP contribution in [0.3, 0.4) is 0 Å². The van der Waals surface area contributed by atoms with Gasteiger partial charge in [-0.2, -0.15) is 5.10 Å². The molecule has 2 heterocycles. The lowest BCUT2D eigenvalue weighted by atomic mass is 10.1. The van der Waals surface area contributed by atoms with E-state index in [1.54, 1.807) is 42.2 Å². The van der Waals surface area contributed by atoms with Crippen LogP contribution in [0.25, 0.3) is 11.3 Å². The van der Waals surface area contributed by atoms with E-state index in [1.807, 2.05) is 13.8 Å². The predicted octanol–water partition coefficient (Wildman–Crippen LogP) is 3.54. The summed E-state index contributed by atoms with van der Waals surface area (Å²) in [6, 6.07) is 7.01. The topological polar surface area (TPSA) is 95.3 Å². The van der Waals surface area contributed by atoms with E-state index in [2.05, 4.69) is 10.4 Å². The van der Waals surface area contributed by atoms with Crippen molar-refractivity contribution in [3.8, 4) is 17.0 Å². The fourth-order valence-corrected chi connectivity index (χ4v) is 2.95. The Balaban J connectivity index is 1.95. The van der Waals surface area contributed by atoms with Crippen molar-refractivity contribution in [1.29, 1.82) is 0 Å². The van der Waals surface area contributed by atoms with Crippen LogP contribution < -0.4 is 15.8 Å². The Morgan fingerprint density at radius 2 is 2.15 bits per heavy atom. The van der Waals surface area contributed by atoms with Gasteiger partial charge in [-0.15, -0.1) is 0 Å². The van der Waals surface area contributed by atoms with Gasteiger partial charge in [0.05, 0.1) is 16.9 Å². The number of carbonyl (C=O) groups is 1. The zero-order chi connectivity index (χ0) is 19.6. The first kappa shape index (κ1) is 19.0. The molecule has 0 unspecified atom stereocenters. The van der Waals surface area contributed by atoms with Gasteiger partial charge in [-0.25, -0.2) is 0 Å². The molecule has 1 amide bonds. The second-order valence-electron chi connectivity index (χ2n) is 6.12. The third-order valence-electron chi connectivity index (χ3n) is 4.15. The van der Waals surface area contributed by atoms with Crippen LogP contribution in [-0.4, -0.2) is 28.8 Å². The number of carbonyl (C=O) groups excluding carboxylic acids is 1. The van der Waals surface area contributed by atoms with Crippen LogP contribution >= 0.6 is 11.6 Å². The summed E-state index contributed by atoms with van der Waals surface area (Å²) in [6.45, 7) is 4.45. The molecule has 0 saturated carbocycles. The molecule has 7 nitrogen and oxygen atoms in total. The molecule has 0 atom stereocenters. The fourth-order valence-electron chi connectivity index (χ4n) is 2.68. The average molecular weight is 389 g/mol. The molecule has 0 aliphatic heterocycles. The van der Waals surface area contributed by atoms with Crippen molar-refractivity contribution in [3.63, 3.8) is 0 Å². The van der Waals surface area contributed by atoms with E-state index in [0.29, 0.717) is 46.6 Å². The molecular formula is C19H21ClN4O3. The van der Waals surface area contributed by atoms with Gasteiger partial charge >= 0.3 is 0 Å². The Hall–Kier alpha value is -2.77. The largest absolute Gasteiger partial charge is 0.492 e. The number of nitrogens with two attached hydrogens (primary N) is 1. The van der Waals surface area contributed by atoms with E-state index in [9.17, 15) is 4.79 Å². The number of furan rings is 1. The quantitative estimate of drug-likeness (QED) is 0.673. The van der Waals surface area contributed by atoms with Gasteiger partial charge in [0.1, 0.15) is 18.1 Å². The maximum Gasteiger partial charge on any atom is 0.291 e. The highest BCUT2D eigenvalue weighted by Crippen LogP contribution is 2.36. The van der Waals surface area contributed by atoms with E-state index >= 15 is 0 Å². The number of nitrogens with zero attached hydrogens (tertiary/aromatic N) is 2. The van der Waals surface area contributed by atoms with Crippen LogP contribution in [0.1, 0.15) is 21.9 Å².